The van der Waals surface area contributed by atoms with Gasteiger partial charge in [0.25, 0.3) is 0 Å². The predicted molar refractivity (Wildman–Crippen MR) is 71.9 cm³/mol. The zero-order valence-electron chi connectivity index (χ0n) is 11.8. The largest absolute Gasteiger partial charge is 0.341 e. The Hall–Kier alpha value is -0.570. The molecular weight excluding hydrogens is 212 g/mol. The molecule has 3 nitrogen and oxygen atoms in total. The fourth-order valence-corrected chi connectivity index (χ4v) is 2.75. The van der Waals surface area contributed by atoms with Crippen LogP contribution in [-0.4, -0.2) is 36.5 Å². The highest BCUT2D eigenvalue weighted by Crippen LogP contribution is 2.23. The van der Waals surface area contributed by atoms with E-state index < -0.39 is 0 Å². The van der Waals surface area contributed by atoms with E-state index in [-0.39, 0.29) is 0 Å². The average molecular weight is 240 g/mol. The summed E-state index contributed by atoms with van der Waals surface area (Å²) in [7, 11) is 0. The van der Waals surface area contributed by atoms with E-state index >= 15 is 0 Å². The maximum atomic E-state index is 12.2. The normalized spacial score (nSPS) is 22.5. The van der Waals surface area contributed by atoms with Crippen LogP contribution in [0, 0.1) is 11.8 Å². The third-order valence-corrected chi connectivity index (χ3v) is 3.92. The van der Waals surface area contributed by atoms with Gasteiger partial charge in [-0.25, -0.2) is 0 Å². The Morgan fingerprint density at radius 2 is 2.12 bits per heavy atom. The Balaban J connectivity index is 2.43. The van der Waals surface area contributed by atoms with Gasteiger partial charge in [-0.3, -0.25) is 4.79 Å². The summed E-state index contributed by atoms with van der Waals surface area (Å²) in [5, 5.41) is 3.43. The smallest absolute Gasteiger partial charge is 0.223 e. The highest BCUT2D eigenvalue weighted by atomic mass is 16.2. The minimum atomic E-state index is 0.320. The first kappa shape index (κ1) is 14.5. The van der Waals surface area contributed by atoms with Crippen LogP contribution < -0.4 is 5.32 Å². The summed E-state index contributed by atoms with van der Waals surface area (Å²) in [6.07, 6.45) is 3.23. The molecule has 0 saturated carbocycles. The van der Waals surface area contributed by atoms with E-state index in [0.29, 0.717) is 30.2 Å². The van der Waals surface area contributed by atoms with Crippen molar-refractivity contribution < 1.29 is 4.79 Å². The van der Waals surface area contributed by atoms with Gasteiger partial charge in [0.05, 0.1) is 0 Å². The summed E-state index contributed by atoms with van der Waals surface area (Å²) < 4.78 is 0. The second-order valence-electron chi connectivity index (χ2n) is 5.56. The molecule has 0 radical (unpaired) electrons. The minimum absolute atomic E-state index is 0.320. The van der Waals surface area contributed by atoms with Gasteiger partial charge in [0.1, 0.15) is 0 Å². The number of carbonyl (C=O) groups excluding carboxylic acids is 1. The number of rotatable bonds is 5. The zero-order chi connectivity index (χ0) is 12.8. The summed E-state index contributed by atoms with van der Waals surface area (Å²) in [4.78, 5) is 14.2. The molecular formula is C14H28N2O. The van der Waals surface area contributed by atoms with Gasteiger partial charge in [0, 0.05) is 19.0 Å². The lowest BCUT2D eigenvalue weighted by Crippen LogP contribution is -2.40. The van der Waals surface area contributed by atoms with Crippen LogP contribution in [0.2, 0.25) is 0 Å². The van der Waals surface area contributed by atoms with Crippen LogP contribution in [-0.2, 0) is 4.79 Å². The van der Waals surface area contributed by atoms with Crippen molar-refractivity contribution in [2.75, 3.05) is 19.6 Å². The maximum absolute atomic E-state index is 12.2. The maximum Gasteiger partial charge on any atom is 0.223 e. The number of amides is 1. The summed E-state index contributed by atoms with van der Waals surface area (Å²) >= 11 is 0. The SMILES string of the molecule is CCN(C(=O)CC(C)C1CCCNC1)C(C)C. The van der Waals surface area contributed by atoms with E-state index in [1.54, 1.807) is 0 Å². The summed E-state index contributed by atoms with van der Waals surface area (Å²) in [6.45, 7) is 11.5. The summed E-state index contributed by atoms with van der Waals surface area (Å²) in [5.74, 6) is 1.50. The molecule has 0 bridgehead atoms. The van der Waals surface area contributed by atoms with E-state index in [2.05, 4.69) is 33.0 Å². The van der Waals surface area contributed by atoms with E-state index in [9.17, 15) is 4.79 Å². The number of hydrogen-bond donors (Lipinski definition) is 1. The van der Waals surface area contributed by atoms with Gasteiger partial charge < -0.3 is 10.2 Å². The molecule has 100 valence electrons. The van der Waals surface area contributed by atoms with Crippen molar-refractivity contribution in [3.05, 3.63) is 0 Å². The first-order valence-corrected chi connectivity index (χ1v) is 7.06. The Bertz CT molecular complexity index is 234. The molecule has 0 spiro atoms. The predicted octanol–water partition coefficient (Wildman–Crippen LogP) is 2.27. The van der Waals surface area contributed by atoms with Crippen molar-refractivity contribution in [1.29, 1.82) is 0 Å². The van der Waals surface area contributed by atoms with Gasteiger partial charge in [-0.2, -0.15) is 0 Å². The molecule has 0 aromatic carbocycles. The number of piperidine rings is 1. The molecule has 1 amide bonds. The summed E-state index contributed by atoms with van der Waals surface area (Å²) in [5.41, 5.74) is 0. The quantitative estimate of drug-likeness (QED) is 0.799. The molecule has 2 unspecified atom stereocenters. The molecule has 3 heteroatoms. The van der Waals surface area contributed by atoms with Gasteiger partial charge in [0.2, 0.25) is 5.91 Å². The lowest BCUT2D eigenvalue weighted by molar-refractivity contribution is -0.134. The fraction of sp³-hybridized carbons (Fsp3) is 0.929. The van der Waals surface area contributed by atoms with Crippen molar-refractivity contribution in [2.24, 2.45) is 11.8 Å². The van der Waals surface area contributed by atoms with Crippen LogP contribution in [0.3, 0.4) is 0 Å². The Morgan fingerprint density at radius 3 is 2.59 bits per heavy atom. The molecule has 2 atom stereocenters. The fourth-order valence-electron chi connectivity index (χ4n) is 2.75. The van der Waals surface area contributed by atoms with Crippen LogP contribution in [0.25, 0.3) is 0 Å². The van der Waals surface area contributed by atoms with E-state index in [4.69, 9.17) is 0 Å². The second-order valence-corrected chi connectivity index (χ2v) is 5.56. The van der Waals surface area contributed by atoms with Crippen LogP contribution in [0.15, 0.2) is 0 Å². The van der Waals surface area contributed by atoms with Crippen LogP contribution >= 0.6 is 0 Å². The highest BCUT2D eigenvalue weighted by Gasteiger charge is 2.24. The third kappa shape index (κ3) is 4.30. The average Bonchev–Trinajstić information content (AvgIpc) is 2.30. The lowest BCUT2D eigenvalue weighted by atomic mass is 9.85. The molecule has 17 heavy (non-hydrogen) atoms. The standard InChI is InChI=1S/C14H28N2O/c1-5-16(11(2)3)14(17)9-12(4)13-7-6-8-15-10-13/h11-13,15H,5-10H2,1-4H3. The van der Waals surface area contributed by atoms with E-state index in [1.165, 1.54) is 12.8 Å². The number of nitrogens with zero attached hydrogens (tertiary/aromatic N) is 1. The van der Waals surface area contributed by atoms with Crippen molar-refractivity contribution in [2.45, 2.75) is 53.0 Å². The Labute approximate surface area is 106 Å². The Morgan fingerprint density at radius 1 is 1.41 bits per heavy atom. The molecule has 0 aromatic rings. The number of carbonyl (C=O) groups is 1. The monoisotopic (exact) mass is 240 g/mol. The second kappa shape index (κ2) is 7.00. The van der Waals surface area contributed by atoms with Crippen LogP contribution in [0.1, 0.15) is 47.0 Å². The lowest BCUT2D eigenvalue weighted by Gasteiger charge is -2.31. The molecule has 1 saturated heterocycles. The molecule has 1 fully saturated rings. The van der Waals surface area contributed by atoms with Gasteiger partial charge in [-0.05, 0) is 58.5 Å². The first-order chi connectivity index (χ1) is 8.06. The molecule has 0 aliphatic carbocycles. The van der Waals surface area contributed by atoms with E-state index in [1.807, 2.05) is 4.90 Å². The summed E-state index contributed by atoms with van der Waals surface area (Å²) in [6, 6.07) is 0.323. The molecule has 1 rings (SSSR count). The minimum Gasteiger partial charge on any atom is -0.341 e. The van der Waals surface area contributed by atoms with E-state index in [0.717, 1.165) is 19.6 Å². The van der Waals surface area contributed by atoms with Crippen molar-refractivity contribution in [1.82, 2.24) is 10.2 Å². The number of nitrogens with one attached hydrogen (secondary N) is 1. The molecule has 1 aliphatic rings. The zero-order valence-corrected chi connectivity index (χ0v) is 11.8. The van der Waals surface area contributed by atoms with Crippen molar-refractivity contribution in [3.8, 4) is 0 Å². The van der Waals surface area contributed by atoms with Crippen molar-refractivity contribution >= 4 is 5.91 Å². The third-order valence-electron chi connectivity index (χ3n) is 3.92. The molecule has 1 N–H and O–H groups in total. The molecule has 1 aliphatic heterocycles. The van der Waals surface area contributed by atoms with Crippen molar-refractivity contribution in [3.63, 3.8) is 0 Å². The topological polar surface area (TPSA) is 32.3 Å². The van der Waals surface area contributed by atoms with Gasteiger partial charge in [0.15, 0.2) is 0 Å². The first-order valence-electron chi connectivity index (χ1n) is 7.06. The highest BCUT2D eigenvalue weighted by molar-refractivity contribution is 5.76. The number of hydrogen-bond acceptors (Lipinski definition) is 2. The van der Waals surface area contributed by atoms with Gasteiger partial charge in [-0.15, -0.1) is 0 Å². The molecule has 1 heterocycles. The molecule has 0 aromatic heterocycles. The Kier molecular flexibility index (Phi) is 5.96. The van der Waals surface area contributed by atoms with Crippen LogP contribution in [0.5, 0.6) is 0 Å². The van der Waals surface area contributed by atoms with Gasteiger partial charge >= 0.3 is 0 Å². The van der Waals surface area contributed by atoms with Gasteiger partial charge in [-0.1, -0.05) is 6.92 Å². The van der Waals surface area contributed by atoms with Crippen LogP contribution in [0.4, 0.5) is 0 Å².